The van der Waals surface area contributed by atoms with Crippen molar-refractivity contribution in [1.29, 1.82) is 0 Å². The minimum Gasteiger partial charge on any atom is -0.338 e. The van der Waals surface area contributed by atoms with Gasteiger partial charge in [0.15, 0.2) is 0 Å². The van der Waals surface area contributed by atoms with E-state index in [0.717, 1.165) is 23.2 Å². The Balaban J connectivity index is 1.85. The lowest BCUT2D eigenvalue weighted by atomic mass is 9.75. The van der Waals surface area contributed by atoms with Gasteiger partial charge in [-0.05, 0) is 42.9 Å². The minimum atomic E-state index is -3.70. The molecule has 1 saturated heterocycles. The number of amides is 1. The molecule has 2 atom stereocenters. The second kappa shape index (κ2) is 7.03. The second-order valence-electron chi connectivity index (χ2n) is 7.27. The number of halogens is 1. The van der Waals surface area contributed by atoms with Crippen LogP contribution in [0.1, 0.15) is 42.5 Å². The third-order valence-corrected chi connectivity index (χ3v) is 7.34. The summed E-state index contributed by atoms with van der Waals surface area (Å²) >= 11 is 0. The van der Waals surface area contributed by atoms with Gasteiger partial charge in [0.25, 0.3) is 5.91 Å². The number of nitrogens with zero attached hydrogens (tertiary/aromatic N) is 2. The molecule has 0 N–H and O–H groups in total. The van der Waals surface area contributed by atoms with Gasteiger partial charge in [0, 0.05) is 27.2 Å². The van der Waals surface area contributed by atoms with Crippen molar-refractivity contribution in [3.05, 3.63) is 29.6 Å². The first-order chi connectivity index (χ1) is 11.8. The molecule has 1 saturated carbocycles. The van der Waals surface area contributed by atoms with Gasteiger partial charge in [-0.25, -0.2) is 17.1 Å². The summed E-state index contributed by atoms with van der Waals surface area (Å²) in [4.78, 5) is 14.5. The van der Waals surface area contributed by atoms with Gasteiger partial charge in [-0.15, -0.1) is 0 Å². The minimum absolute atomic E-state index is 0.0604. The maximum atomic E-state index is 14.2. The van der Waals surface area contributed by atoms with Crippen LogP contribution < -0.4 is 0 Å². The molecular weight excluding hydrogens is 343 g/mol. The maximum absolute atomic E-state index is 14.2. The fourth-order valence-electron chi connectivity index (χ4n) is 4.00. The molecule has 1 aromatic carbocycles. The SMILES string of the molecule is CN(C)S(=O)(=O)c1ccc(F)c(C(=O)N2CC[C@H]3CCCC[C@H]3C2)c1. The topological polar surface area (TPSA) is 57.7 Å². The van der Waals surface area contributed by atoms with Gasteiger partial charge in [0.05, 0.1) is 10.5 Å². The molecule has 0 aromatic heterocycles. The highest BCUT2D eigenvalue weighted by Gasteiger charge is 2.34. The van der Waals surface area contributed by atoms with Gasteiger partial charge < -0.3 is 4.90 Å². The number of rotatable bonds is 3. The first-order valence-corrected chi connectivity index (χ1v) is 10.3. The van der Waals surface area contributed by atoms with E-state index >= 15 is 0 Å². The summed E-state index contributed by atoms with van der Waals surface area (Å²) in [6.07, 6.45) is 5.74. The zero-order valence-electron chi connectivity index (χ0n) is 14.7. The number of hydrogen-bond acceptors (Lipinski definition) is 3. The highest BCUT2D eigenvalue weighted by Crippen LogP contribution is 2.36. The van der Waals surface area contributed by atoms with E-state index in [1.54, 1.807) is 4.90 Å². The second-order valence-corrected chi connectivity index (χ2v) is 9.43. The summed E-state index contributed by atoms with van der Waals surface area (Å²) in [5.41, 5.74) is -0.155. The van der Waals surface area contributed by atoms with Gasteiger partial charge >= 0.3 is 0 Å². The molecule has 25 heavy (non-hydrogen) atoms. The van der Waals surface area contributed by atoms with Crippen LogP contribution >= 0.6 is 0 Å². The normalized spacial score (nSPS) is 24.2. The molecule has 1 aliphatic carbocycles. The van der Waals surface area contributed by atoms with Gasteiger partial charge in [-0.2, -0.15) is 0 Å². The van der Waals surface area contributed by atoms with Gasteiger partial charge in [0.2, 0.25) is 10.0 Å². The van der Waals surface area contributed by atoms with Crippen molar-refractivity contribution >= 4 is 15.9 Å². The fourth-order valence-corrected chi connectivity index (χ4v) is 4.92. The zero-order valence-corrected chi connectivity index (χ0v) is 15.6. The number of benzene rings is 1. The van der Waals surface area contributed by atoms with Crippen molar-refractivity contribution < 1.29 is 17.6 Å². The lowest BCUT2D eigenvalue weighted by Crippen LogP contribution is -2.45. The standard InChI is InChI=1S/C18H25FN2O3S/c1-20(2)25(23,24)15-7-8-17(19)16(11-15)18(22)21-10-9-13-5-3-4-6-14(13)12-21/h7-8,11,13-14H,3-6,9-10,12H2,1-2H3/t13-,14+/m1/s1. The quantitative estimate of drug-likeness (QED) is 0.824. The van der Waals surface area contributed by atoms with Crippen LogP contribution in [-0.2, 0) is 10.0 Å². The molecule has 1 amide bonds. The van der Waals surface area contributed by atoms with E-state index in [9.17, 15) is 17.6 Å². The molecule has 0 radical (unpaired) electrons. The van der Waals surface area contributed by atoms with Crippen LogP contribution in [0.25, 0.3) is 0 Å². The number of fused-ring (bicyclic) bond motifs is 1. The molecule has 2 fully saturated rings. The number of hydrogen-bond donors (Lipinski definition) is 0. The number of sulfonamides is 1. The summed E-state index contributed by atoms with van der Waals surface area (Å²) < 4.78 is 39.8. The van der Waals surface area contributed by atoms with Crippen LogP contribution in [0, 0.1) is 17.7 Å². The molecule has 3 rings (SSSR count). The largest absolute Gasteiger partial charge is 0.338 e. The summed E-state index contributed by atoms with van der Waals surface area (Å²) in [6.45, 7) is 1.26. The average molecular weight is 368 g/mol. The van der Waals surface area contributed by atoms with E-state index in [2.05, 4.69) is 0 Å². The van der Waals surface area contributed by atoms with Crippen molar-refractivity contribution in [1.82, 2.24) is 9.21 Å². The van der Waals surface area contributed by atoms with Gasteiger partial charge in [-0.1, -0.05) is 19.3 Å². The Hall–Kier alpha value is -1.47. The van der Waals surface area contributed by atoms with E-state index in [0.29, 0.717) is 24.9 Å². The molecule has 1 aliphatic heterocycles. The Bertz CT molecular complexity index is 764. The monoisotopic (exact) mass is 368 g/mol. The Morgan fingerprint density at radius 3 is 2.52 bits per heavy atom. The third kappa shape index (κ3) is 3.58. The first kappa shape index (κ1) is 18.3. The van der Waals surface area contributed by atoms with Crippen LogP contribution in [0.5, 0.6) is 0 Å². The molecule has 7 heteroatoms. The summed E-state index contributed by atoms with van der Waals surface area (Å²) in [5.74, 6) is 0.0807. The van der Waals surface area contributed by atoms with Crippen molar-refractivity contribution in [3.8, 4) is 0 Å². The molecular formula is C18H25FN2O3S. The predicted octanol–water partition coefficient (Wildman–Crippen LogP) is 2.73. The lowest BCUT2D eigenvalue weighted by molar-refractivity contribution is 0.0516. The number of likely N-dealkylation sites (tertiary alicyclic amines) is 1. The van der Waals surface area contributed by atoms with Gasteiger partial charge in [0.1, 0.15) is 5.82 Å². The molecule has 2 aliphatic rings. The Labute approximate surface area is 148 Å². The smallest absolute Gasteiger partial charge is 0.256 e. The fraction of sp³-hybridized carbons (Fsp3) is 0.611. The van der Waals surface area contributed by atoms with Crippen molar-refractivity contribution in [2.75, 3.05) is 27.2 Å². The van der Waals surface area contributed by atoms with Crippen LogP contribution in [0.15, 0.2) is 23.1 Å². The van der Waals surface area contributed by atoms with Crippen LogP contribution in [0.2, 0.25) is 0 Å². The van der Waals surface area contributed by atoms with Crippen LogP contribution in [0.3, 0.4) is 0 Å². The average Bonchev–Trinajstić information content (AvgIpc) is 2.60. The summed E-state index contributed by atoms with van der Waals surface area (Å²) in [6, 6.07) is 3.44. The summed E-state index contributed by atoms with van der Waals surface area (Å²) in [5, 5.41) is 0. The first-order valence-electron chi connectivity index (χ1n) is 8.82. The van der Waals surface area contributed by atoms with E-state index in [1.165, 1.54) is 45.5 Å². The Morgan fingerprint density at radius 1 is 1.16 bits per heavy atom. The highest BCUT2D eigenvalue weighted by atomic mass is 32.2. The van der Waals surface area contributed by atoms with Crippen molar-refractivity contribution in [2.24, 2.45) is 11.8 Å². The van der Waals surface area contributed by atoms with Crippen LogP contribution in [0.4, 0.5) is 4.39 Å². The van der Waals surface area contributed by atoms with E-state index in [-0.39, 0.29) is 10.5 Å². The molecule has 0 unspecified atom stereocenters. The highest BCUT2D eigenvalue weighted by molar-refractivity contribution is 7.89. The Morgan fingerprint density at radius 2 is 1.84 bits per heavy atom. The van der Waals surface area contributed by atoms with Crippen LogP contribution in [-0.4, -0.2) is 50.7 Å². The maximum Gasteiger partial charge on any atom is 0.256 e. The lowest BCUT2D eigenvalue weighted by Gasteiger charge is -2.41. The number of carbonyl (C=O) groups is 1. The van der Waals surface area contributed by atoms with Crippen molar-refractivity contribution in [3.63, 3.8) is 0 Å². The zero-order chi connectivity index (χ0) is 18.2. The Kier molecular flexibility index (Phi) is 5.16. The van der Waals surface area contributed by atoms with E-state index in [1.807, 2.05) is 0 Å². The third-order valence-electron chi connectivity index (χ3n) is 5.53. The summed E-state index contributed by atoms with van der Waals surface area (Å²) in [7, 11) is -0.882. The number of piperidine rings is 1. The van der Waals surface area contributed by atoms with Gasteiger partial charge in [-0.3, -0.25) is 4.79 Å². The molecule has 0 spiro atoms. The molecule has 1 aromatic rings. The van der Waals surface area contributed by atoms with Crippen molar-refractivity contribution in [2.45, 2.75) is 37.0 Å². The number of carbonyl (C=O) groups excluding carboxylic acids is 1. The molecule has 138 valence electrons. The molecule has 5 nitrogen and oxygen atoms in total. The van der Waals surface area contributed by atoms with E-state index in [4.69, 9.17) is 0 Å². The molecule has 0 bridgehead atoms. The predicted molar refractivity (Wildman–Crippen MR) is 93.2 cm³/mol. The molecule has 1 heterocycles. The van der Waals surface area contributed by atoms with E-state index < -0.39 is 21.7 Å².